The second-order valence-electron chi connectivity index (χ2n) is 4.00. The predicted molar refractivity (Wildman–Crippen MR) is 86.9 cm³/mol. The van der Waals surface area contributed by atoms with Gasteiger partial charge in [-0.2, -0.15) is 0 Å². The van der Waals surface area contributed by atoms with Crippen molar-refractivity contribution in [2.24, 2.45) is 0 Å². The van der Waals surface area contributed by atoms with Gasteiger partial charge in [0.05, 0.1) is 15.6 Å². The first kappa shape index (κ1) is 13.4. The zero-order chi connectivity index (χ0) is 13.6. The number of nitrogens with zero attached hydrogens (tertiary/aromatic N) is 1. The number of nitrogens with one attached hydrogen (secondary N) is 1. The fourth-order valence-corrected chi connectivity index (χ4v) is 3.43. The highest BCUT2D eigenvalue weighted by Crippen LogP contribution is 2.31. The highest BCUT2D eigenvalue weighted by Gasteiger charge is 2.10. The first-order valence-electron chi connectivity index (χ1n) is 5.35. The number of aromatic nitrogens is 2. The van der Waals surface area contributed by atoms with E-state index in [1.54, 1.807) is 12.1 Å². The van der Waals surface area contributed by atoms with Crippen LogP contribution in [0.3, 0.4) is 0 Å². The number of aromatic amines is 1. The minimum atomic E-state index is 0.514. The van der Waals surface area contributed by atoms with Crippen molar-refractivity contribution >= 4 is 66.1 Å². The number of halogens is 4. The summed E-state index contributed by atoms with van der Waals surface area (Å²) in [5.41, 5.74) is 2.72. The number of imidazole rings is 1. The molecule has 0 aliphatic heterocycles. The molecule has 0 unspecified atom stereocenters. The van der Waals surface area contributed by atoms with Crippen molar-refractivity contribution in [3.8, 4) is 11.4 Å². The molecule has 0 amide bonds. The van der Waals surface area contributed by atoms with Gasteiger partial charge in [-0.1, -0.05) is 39.1 Å². The third-order valence-corrected chi connectivity index (χ3v) is 4.50. The molecule has 0 aliphatic rings. The molecule has 2 nitrogen and oxygen atoms in total. The van der Waals surface area contributed by atoms with Gasteiger partial charge in [0.25, 0.3) is 0 Å². The first-order chi connectivity index (χ1) is 9.04. The molecule has 19 heavy (non-hydrogen) atoms. The molecule has 0 saturated carbocycles. The maximum atomic E-state index is 6.03. The number of rotatable bonds is 1. The average molecular weight is 421 g/mol. The Bertz CT molecular complexity index is 784. The van der Waals surface area contributed by atoms with E-state index in [4.69, 9.17) is 23.2 Å². The van der Waals surface area contributed by atoms with Crippen LogP contribution in [-0.4, -0.2) is 9.97 Å². The van der Waals surface area contributed by atoms with Gasteiger partial charge < -0.3 is 4.98 Å². The summed E-state index contributed by atoms with van der Waals surface area (Å²) in [6.07, 6.45) is 0. The van der Waals surface area contributed by atoms with Gasteiger partial charge in [-0.3, -0.25) is 0 Å². The SMILES string of the molecule is Clc1ccc(-c2nc3c(Br)cc(Br)cc3[nH]2)cc1Cl. The molecule has 96 valence electrons. The third-order valence-electron chi connectivity index (χ3n) is 2.70. The summed E-state index contributed by atoms with van der Waals surface area (Å²) < 4.78 is 1.91. The fourth-order valence-electron chi connectivity index (χ4n) is 1.82. The normalized spacial score (nSPS) is 11.2. The van der Waals surface area contributed by atoms with Crippen LogP contribution >= 0.6 is 55.1 Å². The van der Waals surface area contributed by atoms with Gasteiger partial charge in [0.15, 0.2) is 0 Å². The minimum Gasteiger partial charge on any atom is -0.338 e. The monoisotopic (exact) mass is 418 g/mol. The molecule has 0 atom stereocenters. The molecule has 3 aromatic rings. The molecule has 1 heterocycles. The number of benzene rings is 2. The van der Waals surface area contributed by atoms with E-state index in [0.29, 0.717) is 10.0 Å². The van der Waals surface area contributed by atoms with Gasteiger partial charge in [0.1, 0.15) is 11.3 Å². The summed E-state index contributed by atoms with van der Waals surface area (Å²) in [4.78, 5) is 7.84. The summed E-state index contributed by atoms with van der Waals surface area (Å²) in [5, 5.41) is 1.05. The van der Waals surface area contributed by atoms with E-state index in [9.17, 15) is 0 Å². The van der Waals surface area contributed by atoms with Crippen molar-refractivity contribution in [3.63, 3.8) is 0 Å². The minimum absolute atomic E-state index is 0.514. The topological polar surface area (TPSA) is 28.7 Å². The van der Waals surface area contributed by atoms with Crippen molar-refractivity contribution in [2.45, 2.75) is 0 Å². The molecule has 0 fully saturated rings. The molecular weight excluding hydrogens is 415 g/mol. The fraction of sp³-hybridized carbons (Fsp3) is 0. The van der Waals surface area contributed by atoms with Crippen molar-refractivity contribution < 1.29 is 0 Å². The molecule has 0 bridgehead atoms. The predicted octanol–water partition coefficient (Wildman–Crippen LogP) is 6.06. The van der Waals surface area contributed by atoms with Gasteiger partial charge in [-0.05, 0) is 46.3 Å². The second-order valence-corrected chi connectivity index (χ2v) is 6.58. The van der Waals surface area contributed by atoms with E-state index in [1.165, 1.54) is 0 Å². The van der Waals surface area contributed by atoms with Gasteiger partial charge in [0, 0.05) is 14.5 Å². The average Bonchev–Trinajstić information content (AvgIpc) is 2.76. The summed E-state index contributed by atoms with van der Waals surface area (Å²) in [7, 11) is 0. The summed E-state index contributed by atoms with van der Waals surface area (Å²) in [5.74, 6) is 0.757. The van der Waals surface area contributed by atoms with E-state index in [0.717, 1.165) is 31.4 Å². The molecule has 1 N–H and O–H groups in total. The van der Waals surface area contributed by atoms with Crippen LogP contribution in [0.2, 0.25) is 10.0 Å². The molecule has 1 aromatic heterocycles. The van der Waals surface area contributed by atoms with E-state index < -0.39 is 0 Å². The number of hydrogen-bond acceptors (Lipinski definition) is 1. The van der Waals surface area contributed by atoms with E-state index in [1.807, 2.05) is 18.2 Å². The Morgan fingerprint density at radius 1 is 1.00 bits per heavy atom. The van der Waals surface area contributed by atoms with E-state index in [2.05, 4.69) is 41.8 Å². The summed E-state index contributed by atoms with van der Waals surface area (Å²) >= 11 is 18.9. The quantitative estimate of drug-likeness (QED) is 0.509. The van der Waals surface area contributed by atoms with Crippen LogP contribution in [0.1, 0.15) is 0 Å². The number of H-pyrrole nitrogens is 1. The molecule has 3 rings (SSSR count). The lowest BCUT2D eigenvalue weighted by Crippen LogP contribution is -1.80. The molecule has 0 radical (unpaired) electrons. The highest BCUT2D eigenvalue weighted by atomic mass is 79.9. The van der Waals surface area contributed by atoms with Crippen LogP contribution in [0.4, 0.5) is 0 Å². The van der Waals surface area contributed by atoms with Crippen LogP contribution in [0, 0.1) is 0 Å². The largest absolute Gasteiger partial charge is 0.338 e. The Hall–Kier alpha value is -0.550. The van der Waals surface area contributed by atoms with Crippen molar-refractivity contribution in [2.75, 3.05) is 0 Å². The molecule has 0 spiro atoms. The lowest BCUT2D eigenvalue weighted by Gasteiger charge is -1.99. The van der Waals surface area contributed by atoms with Gasteiger partial charge in [-0.15, -0.1) is 0 Å². The Labute approximate surface area is 136 Å². The zero-order valence-corrected chi connectivity index (χ0v) is 14.0. The Balaban J connectivity index is 2.20. The Kier molecular flexibility index (Phi) is 3.60. The molecule has 2 aromatic carbocycles. The second kappa shape index (κ2) is 5.09. The number of hydrogen-bond donors (Lipinski definition) is 1. The smallest absolute Gasteiger partial charge is 0.138 e. The van der Waals surface area contributed by atoms with Gasteiger partial charge in [0.2, 0.25) is 0 Å². The van der Waals surface area contributed by atoms with Crippen LogP contribution in [0.25, 0.3) is 22.4 Å². The third kappa shape index (κ3) is 2.55. The van der Waals surface area contributed by atoms with Gasteiger partial charge in [-0.25, -0.2) is 4.98 Å². The summed E-state index contributed by atoms with van der Waals surface area (Å²) in [6, 6.07) is 9.38. The Morgan fingerprint density at radius 2 is 1.79 bits per heavy atom. The van der Waals surface area contributed by atoms with E-state index >= 15 is 0 Å². The van der Waals surface area contributed by atoms with Gasteiger partial charge >= 0.3 is 0 Å². The lowest BCUT2D eigenvalue weighted by atomic mass is 10.2. The molecule has 0 saturated heterocycles. The lowest BCUT2D eigenvalue weighted by molar-refractivity contribution is 1.33. The van der Waals surface area contributed by atoms with Crippen LogP contribution in [0.15, 0.2) is 39.3 Å². The number of fused-ring (bicyclic) bond motifs is 1. The molecular formula is C13H6Br2Cl2N2. The summed E-state index contributed by atoms with van der Waals surface area (Å²) in [6.45, 7) is 0. The maximum Gasteiger partial charge on any atom is 0.138 e. The molecule has 0 aliphatic carbocycles. The highest BCUT2D eigenvalue weighted by molar-refractivity contribution is 9.11. The Morgan fingerprint density at radius 3 is 2.53 bits per heavy atom. The zero-order valence-electron chi connectivity index (χ0n) is 9.35. The first-order valence-corrected chi connectivity index (χ1v) is 7.69. The van der Waals surface area contributed by atoms with E-state index in [-0.39, 0.29) is 0 Å². The standard InChI is InChI=1S/C13H6Br2Cl2N2/c14-7-4-8(15)12-11(5-7)18-13(19-12)6-1-2-9(16)10(17)3-6/h1-5H,(H,18,19). The van der Waals surface area contributed by atoms with Crippen molar-refractivity contribution in [1.82, 2.24) is 9.97 Å². The molecule has 6 heteroatoms. The van der Waals surface area contributed by atoms with Crippen molar-refractivity contribution in [3.05, 3.63) is 49.3 Å². The maximum absolute atomic E-state index is 6.03. The van der Waals surface area contributed by atoms with Crippen LogP contribution in [-0.2, 0) is 0 Å². The van der Waals surface area contributed by atoms with Crippen LogP contribution in [0.5, 0.6) is 0 Å². The van der Waals surface area contributed by atoms with Crippen molar-refractivity contribution in [1.29, 1.82) is 0 Å². The van der Waals surface area contributed by atoms with Crippen LogP contribution < -0.4 is 0 Å².